The third-order valence-corrected chi connectivity index (χ3v) is 10.4. The van der Waals surface area contributed by atoms with Crippen LogP contribution in [0.4, 0.5) is 45.5 Å². The van der Waals surface area contributed by atoms with E-state index in [0.717, 1.165) is 11.8 Å². The van der Waals surface area contributed by atoms with E-state index in [2.05, 4.69) is 36.0 Å². The van der Waals surface area contributed by atoms with Gasteiger partial charge in [-0.05, 0) is 128 Å². The van der Waals surface area contributed by atoms with Gasteiger partial charge in [0.05, 0.1) is 29.9 Å². The fraction of sp³-hybridized carbons (Fsp3) is 0.128. The molecule has 0 amide bonds. The van der Waals surface area contributed by atoms with Gasteiger partial charge in [-0.15, -0.1) is 15.3 Å². The lowest BCUT2D eigenvalue weighted by Gasteiger charge is -2.12. The van der Waals surface area contributed by atoms with Crippen molar-refractivity contribution in [2.45, 2.75) is 37.5 Å². The first-order valence-corrected chi connectivity index (χ1v) is 19.6. The standard InChI is InChI=1S/C39H35N7O8S2/c1-22-18-34(44-46-38-36(56(51,52)53)20-26-19-28(11-13-31(26)39(38)47)40-27-9-7-6-8-10-27)23(2)17-33(22)43-41-29-15-24(3)37(25(4)16-29)45-42-32-14-12-30(54-5)21-35(32)55(48,49)50/h6-21,40,47H,1-5H3,(H,48,49,50)(H,51,52,53). The topological polar surface area (TPSA) is 224 Å². The zero-order valence-electron chi connectivity index (χ0n) is 30.6. The Morgan fingerprint density at radius 3 is 1.75 bits per heavy atom. The third kappa shape index (κ3) is 8.76. The van der Waals surface area contributed by atoms with Crippen molar-refractivity contribution in [2.75, 3.05) is 12.4 Å². The molecule has 0 saturated carbocycles. The number of hydrogen-bond acceptors (Lipinski definition) is 13. The number of aromatic hydroxyl groups is 1. The van der Waals surface area contributed by atoms with E-state index < -0.39 is 41.5 Å². The molecule has 0 radical (unpaired) electrons. The van der Waals surface area contributed by atoms with E-state index in [4.69, 9.17) is 4.74 Å². The third-order valence-electron chi connectivity index (χ3n) is 8.62. The van der Waals surface area contributed by atoms with Crippen molar-refractivity contribution in [2.24, 2.45) is 30.7 Å². The highest BCUT2D eigenvalue weighted by Crippen LogP contribution is 2.43. The molecule has 0 aromatic heterocycles. The molecule has 6 aromatic carbocycles. The summed E-state index contributed by atoms with van der Waals surface area (Å²) >= 11 is 0. The molecule has 0 heterocycles. The van der Waals surface area contributed by atoms with Crippen LogP contribution in [0.5, 0.6) is 11.5 Å². The quantitative estimate of drug-likeness (QED) is 0.0722. The monoisotopic (exact) mass is 793 g/mol. The maximum absolute atomic E-state index is 12.5. The van der Waals surface area contributed by atoms with Gasteiger partial charge in [-0.1, -0.05) is 18.2 Å². The predicted octanol–water partition coefficient (Wildman–Crippen LogP) is 11.3. The zero-order valence-corrected chi connectivity index (χ0v) is 32.3. The Morgan fingerprint density at radius 1 is 0.554 bits per heavy atom. The zero-order chi connectivity index (χ0) is 40.4. The van der Waals surface area contributed by atoms with Crippen LogP contribution in [-0.4, -0.2) is 38.2 Å². The lowest BCUT2D eigenvalue weighted by atomic mass is 10.1. The van der Waals surface area contributed by atoms with Crippen LogP contribution in [0.3, 0.4) is 0 Å². The number of benzene rings is 6. The Morgan fingerprint density at radius 2 is 1.14 bits per heavy atom. The summed E-state index contributed by atoms with van der Waals surface area (Å²) in [5.41, 5.74) is 5.46. The van der Waals surface area contributed by atoms with E-state index >= 15 is 0 Å². The number of phenols is 1. The molecule has 56 heavy (non-hydrogen) atoms. The van der Waals surface area contributed by atoms with Gasteiger partial charge >= 0.3 is 0 Å². The Hall–Kier alpha value is -6.40. The number of methoxy groups -OCH3 is 1. The van der Waals surface area contributed by atoms with Gasteiger partial charge in [0.2, 0.25) is 0 Å². The first-order chi connectivity index (χ1) is 26.5. The van der Waals surface area contributed by atoms with Gasteiger partial charge in [0, 0.05) is 22.8 Å². The number of hydrogen-bond donors (Lipinski definition) is 4. The summed E-state index contributed by atoms with van der Waals surface area (Å²) in [4.78, 5) is -1.05. The normalized spacial score (nSPS) is 12.3. The Labute approximate surface area is 322 Å². The van der Waals surface area contributed by atoms with Crippen LogP contribution in [0.1, 0.15) is 22.3 Å². The molecule has 0 atom stereocenters. The van der Waals surface area contributed by atoms with E-state index in [1.54, 1.807) is 70.2 Å². The van der Waals surface area contributed by atoms with Crippen molar-refractivity contribution in [3.8, 4) is 11.5 Å². The SMILES string of the molecule is COc1ccc(N=Nc2c(C)cc(N=Nc3cc(C)c(N=Nc4c(S(=O)(=O)O)cc5cc(Nc6ccccc6)ccc5c4O)cc3C)cc2C)c(S(=O)(=O)O)c1. The molecule has 15 nitrogen and oxygen atoms in total. The Bertz CT molecular complexity index is 2800. The van der Waals surface area contributed by atoms with Gasteiger partial charge in [0.15, 0.2) is 5.75 Å². The van der Waals surface area contributed by atoms with E-state index in [1.807, 2.05) is 30.3 Å². The molecule has 0 saturated heterocycles. The summed E-state index contributed by atoms with van der Waals surface area (Å²) in [5, 5.41) is 40.5. The fourth-order valence-corrected chi connectivity index (χ4v) is 7.09. The van der Waals surface area contributed by atoms with E-state index in [-0.39, 0.29) is 11.4 Å². The highest BCUT2D eigenvalue weighted by molar-refractivity contribution is 7.86. The summed E-state index contributed by atoms with van der Waals surface area (Å²) in [6.07, 6.45) is 0. The highest BCUT2D eigenvalue weighted by Gasteiger charge is 2.23. The molecule has 17 heteroatoms. The van der Waals surface area contributed by atoms with Crippen molar-refractivity contribution in [1.29, 1.82) is 0 Å². The average Bonchev–Trinajstić information content (AvgIpc) is 3.14. The number of nitrogens with one attached hydrogen (secondary N) is 1. The van der Waals surface area contributed by atoms with Crippen molar-refractivity contribution >= 4 is 76.5 Å². The summed E-state index contributed by atoms with van der Waals surface area (Å²) in [7, 11) is -8.05. The lowest BCUT2D eigenvalue weighted by molar-refractivity contribution is 0.412. The van der Waals surface area contributed by atoms with Crippen LogP contribution in [0.2, 0.25) is 0 Å². The number of rotatable bonds is 11. The van der Waals surface area contributed by atoms with Crippen LogP contribution in [-0.2, 0) is 20.2 Å². The number of anilines is 2. The molecule has 6 aromatic rings. The molecule has 0 unspecified atom stereocenters. The van der Waals surface area contributed by atoms with Crippen molar-refractivity contribution in [3.63, 3.8) is 0 Å². The number of azo groups is 3. The second kappa shape index (κ2) is 15.8. The van der Waals surface area contributed by atoms with E-state index in [1.165, 1.54) is 25.3 Å². The van der Waals surface area contributed by atoms with Crippen molar-refractivity contribution in [1.82, 2.24) is 0 Å². The summed E-state index contributed by atoms with van der Waals surface area (Å²) in [6, 6.07) is 26.5. The molecule has 286 valence electrons. The molecule has 0 aliphatic carbocycles. The van der Waals surface area contributed by atoms with E-state index in [9.17, 15) is 31.0 Å². The summed E-state index contributed by atoms with van der Waals surface area (Å²) in [5.74, 6) is -0.239. The van der Waals surface area contributed by atoms with Crippen LogP contribution in [0.15, 0.2) is 138 Å². The molecule has 0 fully saturated rings. The van der Waals surface area contributed by atoms with Gasteiger partial charge in [-0.2, -0.15) is 32.2 Å². The molecule has 0 aliphatic rings. The number of ether oxygens (including phenoxy) is 1. The van der Waals surface area contributed by atoms with Crippen molar-refractivity contribution in [3.05, 3.63) is 119 Å². The van der Waals surface area contributed by atoms with E-state index in [0.29, 0.717) is 61.5 Å². The summed E-state index contributed by atoms with van der Waals surface area (Å²) in [6.45, 7) is 7.11. The molecule has 0 aliphatic heterocycles. The maximum atomic E-state index is 12.5. The second-order valence-corrected chi connectivity index (χ2v) is 15.5. The number of aryl methyl sites for hydroxylation is 4. The fourth-order valence-electron chi connectivity index (χ4n) is 5.79. The van der Waals surface area contributed by atoms with Gasteiger partial charge in [0.25, 0.3) is 20.2 Å². The smallest absolute Gasteiger partial charge is 0.296 e. The molecule has 0 spiro atoms. The van der Waals surface area contributed by atoms with Gasteiger partial charge in [-0.25, -0.2) is 0 Å². The van der Waals surface area contributed by atoms with Crippen LogP contribution < -0.4 is 10.1 Å². The van der Waals surface area contributed by atoms with Crippen LogP contribution >= 0.6 is 0 Å². The van der Waals surface area contributed by atoms with Gasteiger partial charge in [-0.3, -0.25) is 9.11 Å². The minimum absolute atomic E-state index is 0.0661. The maximum Gasteiger partial charge on any atom is 0.296 e. The van der Waals surface area contributed by atoms with Crippen LogP contribution in [0.25, 0.3) is 10.8 Å². The largest absolute Gasteiger partial charge is 0.505 e. The number of fused-ring (bicyclic) bond motifs is 1. The Balaban J connectivity index is 1.25. The minimum Gasteiger partial charge on any atom is -0.505 e. The first kappa shape index (κ1) is 39.3. The molecular formula is C39H35N7O8S2. The number of phenolic OH excluding ortho intramolecular Hbond substituents is 1. The summed E-state index contributed by atoms with van der Waals surface area (Å²) < 4.78 is 73.6. The highest BCUT2D eigenvalue weighted by atomic mass is 32.2. The first-order valence-electron chi connectivity index (χ1n) is 16.7. The molecular weight excluding hydrogens is 759 g/mol. The lowest BCUT2D eigenvalue weighted by Crippen LogP contribution is -1.99. The van der Waals surface area contributed by atoms with Crippen molar-refractivity contribution < 1.29 is 35.8 Å². The average molecular weight is 794 g/mol. The molecule has 0 bridgehead atoms. The van der Waals surface area contributed by atoms with Gasteiger partial charge < -0.3 is 15.2 Å². The van der Waals surface area contributed by atoms with Crippen LogP contribution in [0, 0.1) is 27.7 Å². The second-order valence-electron chi connectivity index (χ2n) is 12.7. The molecule has 4 N–H and O–H groups in total. The Kier molecular flexibility index (Phi) is 11.1. The minimum atomic E-state index is -4.82. The van der Waals surface area contributed by atoms with Gasteiger partial charge in [0.1, 0.15) is 26.9 Å². The molecule has 6 rings (SSSR count). The predicted molar refractivity (Wildman–Crippen MR) is 212 cm³/mol. The number of para-hydroxylation sites is 1. The number of nitrogens with zero attached hydrogens (tertiary/aromatic N) is 6.